The second kappa shape index (κ2) is 7.68. The molecule has 1 aliphatic rings. The van der Waals surface area contributed by atoms with E-state index in [0.717, 1.165) is 42.6 Å². The third-order valence-electron chi connectivity index (χ3n) is 4.27. The Kier molecular flexibility index (Phi) is 6.17. The summed E-state index contributed by atoms with van der Waals surface area (Å²) in [6, 6.07) is 5.69. The molecule has 2 unspecified atom stereocenters. The van der Waals surface area contributed by atoms with E-state index in [1.807, 2.05) is 6.07 Å². The monoisotopic (exact) mass is 357 g/mol. The van der Waals surface area contributed by atoms with Crippen molar-refractivity contribution in [2.24, 2.45) is 0 Å². The van der Waals surface area contributed by atoms with Crippen LogP contribution in [0.4, 0.5) is 4.39 Å². The first-order chi connectivity index (χ1) is 10.0. The lowest BCUT2D eigenvalue weighted by Crippen LogP contribution is -2.51. The molecule has 2 atom stereocenters. The molecule has 5 heteroatoms. The molecule has 0 amide bonds. The number of halogens is 2. The Bertz CT molecular complexity index is 469. The van der Waals surface area contributed by atoms with Crippen LogP contribution in [0.25, 0.3) is 0 Å². The van der Waals surface area contributed by atoms with Crippen LogP contribution < -0.4 is 5.32 Å². The number of hydrogen-bond acceptors (Lipinski definition) is 3. The van der Waals surface area contributed by atoms with Crippen molar-refractivity contribution in [2.45, 2.75) is 25.4 Å². The molecular weight excluding hydrogens is 333 g/mol. The molecule has 0 spiro atoms. The van der Waals surface area contributed by atoms with Crippen LogP contribution in [-0.4, -0.2) is 56.1 Å². The summed E-state index contributed by atoms with van der Waals surface area (Å²) in [5.41, 5.74) is 0.757. The summed E-state index contributed by atoms with van der Waals surface area (Å²) in [7, 11) is 4.32. The van der Waals surface area contributed by atoms with Crippen LogP contribution in [0.15, 0.2) is 22.7 Å². The molecule has 0 aromatic heterocycles. The average Bonchev–Trinajstić information content (AvgIpc) is 2.45. The number of nitrogens with zero attached hydrogens (tertiary/aromatic N) is 2. The lowest BCUT2D eigenvalue weighted by Gasteiger charge is -2.39. The van der Waals surface area contributed by atoms with E-state index in [1.165, 1.54) is 0 Å². The highest BCUT2D eigenvalue weighted by Gasteiger charge is 2.26. The van der Waals surface area contributed by atoms with Crippen molar-refractivity contribution in [3.05, 3.63) is 34.1 Å². The minimum Gasteiger partial charge on any atom is -0.310 e. The van der Waals surface area contributed by atoms with E-state index in [-0.39, 0.29) is 11.9 Å². The van der Waals surface area contributed by atoms with Gasteiger partial charge in [0.25, 0.3) is 0 Å². The van der Waals surface area contributed by atoms with Crippen LogP contribution >= 0.6 is 15.9 Å². The summed E-state index contributed by atoms with van der Waals surface area (Å²) < 4.78 is 15.1. The Morgan fingerprint density at radius 3 is 2.86 bits per heavy atom. The molecule has 1 heterocycles. The van der Waals surface area contributed by atoms with E-state index in [1.54, 1.807) is 12.1 Å². The van der Waals surface area contributed by atoms with Crippen LogP contribution in [0.3, 0.4) is 0 Å². The van der Waals surface area contributed by atoms with Crippen molar-refractivity contribution in [2.75, 3.05) is 40.3 Å². The van der Waals surface area contributed by atoms with E-state index in [0.29, 0.717) is 6.04 Å². The van der Waals surface area contributed by atoms with Gasteiger partial charge in [0.15, 0.2) is 0 Å². The van der Waals surface area contributed by atoms with Gasteiger partial charge >= 0.3 is 0 Å². The number of benzene rings is 1. The summed E-state index contributed by atoms with van der Waals surface area (Å²) in [6.07, 6.45) is 0.919. The molecule has 1 N–H and O–H groups in total. The summed E-state index contributed by atoms with van der Waals surface area (Å²) in [6.45, 7) is 6.11. The van der Waals surface area contributed by atoms with Gasteiger partial charge in [0.2, 0.25) is 0 Å². The molecule has 21 heavy (non-hydrogen) atoms. The SMILES string of the molecule is CCNC(CC1CN(C)CCN1C)c1cc(Br)ccc1F. The standard InChI is InChI=1S/C16H25BrFN3/c1-4-19-16(14-9-12(17)5-6-15(14)18)10-13-11-20(2)7-8-21(13)3/h5-6,9,13,16,19H,4,7-8,10-11H2,1-3H3. The molecule has 1 aliphatic heterocycles. The molecule has 0 radical (unpaired) electrons. The predicted octanol–water partition coefficient (Wildman–Crippen LogP) is 2.87. The van der Waals surface area contributed by atoms with Gasteiger partial charge in [-0.05, 0) is 45.3 Å². The number of piperazine rings is 1. The van der Waals surface area contributed by atoms with Gasteiger partial charge in [-0.3, -0.25) is 0 Å². The van der Waals surface area contributed by atoms with Gasteiger partial charge in [-0.1, -0.05) is 22.9 Å². The van der Waals surface area contributed by atoms with Crippen molar-refractivity contribution in [1.82, 2.24) is 15.1 Å². The molecule has 0 bridgehead atoms. The minimum absolute atomic E-state index is 0.0476. The van der Waals surface area contributed by atoms with E-state index in [9.17, 15) is 4.39 Å². The Morgan fingerprint density at radius 2 is 2.14 bits per heavy atom. The smallest absolute Gasteiger partial charge is 0.128 e. The lowest BCUT2D eigenvalue weighted by atomic mass is 9.96. The largest absolute Gasteiger partial charge is 0.310 e. The topological polar surface area (TPSA) is 18.5 Å². The Hall–Kier alpha value is -0.490. The maximum Gasteiger partial charge on any atom is 0.128 e. The highest BCUT2D eigenvalue weighted by atomic mass is 79.9. The fourth-order valence-corrected chi connectivity index (χ4v) is 3.36. The first-order valence-electron chi connectivity index (χ1n) is 7.58. The van der Waals surface area contributed by atoms with E-state index >= 15 is 0 Å². The average molecular weight is 358 g/mol. The Balaban J connectivity index is 2.16. The van der Waals surface area contributed by atoms with Crippen LogP contribution in [0.5, 0.6) is 0 Å². The van der Waals surface area contributed by atoms with Gasteiger partial charge in [0.1, 0.15) is 5.82 Å². The number of rotatable bonds is 5. The van der Waals surface area contributed by atoms with Gasteiger partial charge in [-0.25, -0.2) is 4.39 Å². The molecule has 1 saturated heterocycles. The van der Waals surface area contributed by atoms with Crippen LogP contribution in [0, 0.1) is 5.82 Å². The van der Waals surface area contributed by atoms with Crippen molar-refractivity contribution in [3.8, 4) is 0 Å². The molecule has 118 valence electrons. The van der Waals surface area contributed by atoms with Gasteiger partial charge in [0, 0.05) is 41.8 Å². The normalized spacial score (nSPS) is 22.4. The van der Waals surface area contributed by atoms with Crippen LogP contribution in [-0.2, 0) is 0 Å². The van der Waals surface area contributed by atoms with Crippen molar-refractivity contribution < 1.29 is 4.39 Å². The second-order valence-electron chi connectivity index (χ2n) is 5.91. The van der Waals surface area contributed by atoms with E-state index in [4.69, 9.17) is 0 Å². The summed E-state index contributed by atoms with van der Waals surface area (Å²) >= 11 is 3.45. The quantitative estimate of drug-likeness (QED) is 0.873. The third-order valence-corrected chi connectivity index (χ3v) is 4.77. The maximum atomic E-state index is 14.2. The van der Waals surface area contributed by atoms with E-state index in [2.05, 4.69) is 52.1 Å². The molecule has 1 fully saturated rings. The zero-order valence-corrected chi connectivity index (χ0v) is 14.7. The highest BCUT2D eigenvalue weighted by Crippen LogP contribution is 2.27. The Morgan fingerprint density at radius 1 is 1.38 bits per heavy atom. The number of nitrogens with one attached hydrogen (secondary N) is 1. The van der Waals surface area contributed by atoms with Gasteiger partial charge in [-0.15, -0.1) is 0 Å². The maximum absolute atomic E-state index is 14.2. The van der Waals surface area contributed by atoms with Crippen LogP contribution in [0.2, 0.25) is 0 Å². The van der Waals surface area contributed by atoms with Crippen molar-refractivity contribution >= 4 is 15.9 Å². The van der Waals surface area contributed by atoms with Gasteiger partial charge < -0.3 is 15.1 Å². The van der Waals surface area contributed by atoms with Gasteiger partial charge in [-0.2, -0.15) is 0 Å². The summed E-state index contributed by atoms with van der Waals surface area (Å²) in [5, 5.41) is 3.44. The predicted molar refractivity (Wildman–Crippen MR) is 89.0 cm³/mol. The number of hydrogen-bond donors (Lipinski definition) is 1. The summed E-state index contributed by atoms with van der Waals surface area (Å²) in [4.78, 5) is 4.74. The molecule has 3 nitrogen and oxygen atoms in total. The fourth-order valence-electron chi connectivity index (χ4n) is 2.98. The van der Waals surface area contributed by atoms with E-state index < -0.39 is 0 Å². The summed E-state index contributed by atoms with van der Waals surface area (Å²) in [5.74, 6) is -0.129. The zero-order chi connectivity index (χ0) is 15.4. The molecule has 0 aliphatic carbocycles. The second-order valence-corrected chi connectivity index (χ2v) is 6.82. The molecule has 1 aromatic rings. The van der Waals surface area contributed by atoms with Crippen molar-refractivity contribution in [1.29, 1.82) is 0 Å². The minimum atomic E-state index is -0.129. The highest BCUT2D eigenvalue weighted by molar-refractivity contribution is 9.10. The molecule has 0 saturated carbocycles. The first-order valence-corrected chi connectivity index (χ1v) is 8.37. The van der Waals surface area contributed by atoms with Gasteiger partial charge in [0.05, 0.1) is 0 Å². The molecule has 1 aromatic carbocycles. The fraction of sp³-hybridized carbons (Fsp3) is 0.625. The Labute approximate surface area is 135 Å². The third kappa shape index (κ3) is 4.49. The molecule has 2 rings (SSSR count). The number of likely N-dealkylation sites (N-methyl/N-ethyl adjacent to an activating group) is 2. The molecular formula is C16H25BrFN3. The lowest BCUT2D eigenvalue weighted by molar-refractivity contribution is 0.101. The van der Waals surface area contributed by atoms with Crippen LogP contribution in [0.1, 0.15) is 24.9 Å². The zero-order valence-electron chi connectivity index (χ0n) is 13.1. The van der Waals surface area contributed by atoms with Crippen molar-refractivity contribution in [3.63, 3.8) is 0 Å². The first kappa shape index (κ1) is 16.9.